The van der Waals surface area contributed by atoms with Crippen molar-refractivity contribution in [2.75, 3.05) is 27.3 Å². The van der Waals surface area contributed by atoms with Crippen molar-refractivity contribution < 1.29 is 28.6 Å². The number of methoxy groups -OCH3 is 2. The fourth-order valence-electron chi connectivity index (χ4n) is 6.51. The number of ether oxygens (including phenoxy) is 3. The van der Waals surface area contributed by atoms with Crippen molar-refractivity contribution in [3.8, 4) is 11.5 Å². The molecule has 5 rings (SSSR count). The van der Waals surface area contributed by atoms with Crippen molar-refractivity contribution in [1.82, 2.24) is 25.2 Å². The molecule has 1 saturated heterocycles. The molecule has 3 amide bonds. The fraction of sp³-hybridized carbons (Fsp3) is 0.594. The maximum absolute atomic E-state index is 13.8. The SMILES string of the molecule is COc1ccc(C2=NN(C3CCN(C(=O)[C@@H](Cc4cnc[nH]4)NC(=O)OC(C)(C)C)CC3)C(=O)[C@@H]3CCCC[C@H]23)cc1OC. The van der Waals surface area contributed by atoms with Crippen LogP contribution in [0, 0.1) is 11.8 Å². The normalized spacial score (nSPS) is 21.7. The number of hydrogen-bond acceptors (Lipinski definition) is 8. The number of piperidine rings is 1. The number of imidazole rings is 1. The number of aromatic nitrogens is 2. The van der Waals surface area contributed by atoms with Crippen molar-refractivity contribution in [2.24, 2.45) is 16.9 Å². The zero-order valence-electron chi connectivity index (χ0n) is 26.3. The molecule has 12 nitrogen and oxygen atoms in total. The Morgan fingerprint density at radius 1 is 1.05 bits per heavy atom. The Kier molecular flexibility index (Phi) is 9.45. The first kappa shape index (κ1) is 31.3. The molecule has 238 valence electrons. The molecule has 3 atom stereocenters. The third kappa shape index (κ3) is 7.00. The van der Waals surface area contributed by atoms with Crippen LogP contribution in [0.15, 0.2) is 35.8 Å². The third-order valence-electron chi connectivity index (χ3n) is 8.64. The summed E-state index contributed by atoms with van der Waals surface area (Å²) in [5.41, 5.74) is 1.88. The molecule has 1 saturated carbocycles. The molecule has 2 aromatic rings. The first-order valence-corrected chi connectivity index (χ1v) is 15.5. The van der Waals surface area contributed by atoms with Gasteiger partial charge >= 0.3 is 6.09 Å². The van der Waals surface area contributed by atoms with Gasteiger partial charge < -0.3 is 29.4 Å². The largest absolute Gasteiger partial charge is 0.493 e. The quantitative estimate of drug-likeness (QED) is 0.464. The molecule has 0 bridgehead atoms. The van der Waals surface area contributed by atoms with Crippen molar-refractivity contribution in [3.05, 3.63) is 42.0 Å². The fourth-order valence-corrected chi connectivity index (χ4v) is 6.51. The van der Waals surface area contributed by atoms with Crippen LogP contribution in [0.4, 0.5) is 4.79 Å². The number of nitrogens with one attached hydrogen (secondary N) is 2. The molecule has 3 heterocycles. The second-order valence-corrected chi connectivity index (χ2v) is 12.8. The zero-order valence-corrected chi connectivity index (χ0v) is 26.3. The number of hydrazone groups is 1. The van der Waals surface area contributed by atoms with E-state index in [4.69, 9.17) is 19.3 Å². The number of likely N-dealkylation sites (tertiary alicyclic amines) is 1. The second kappa shape index (κ2) is 13.3. The summed E-state index contributed by atoms with van der Waals surface area (Å²) < 4.78 is 16.4. The molecule has 3 aliphatic rings. The van der Waals surface area contributed by atoms with Gasteiger partial charge in [0.05, 0.1) is 32.3 Å². The summed E-state index contributed by atoms with van der Waals surface area (Å²) in [6, 6.07) is 4.85. The van der Waals surface area contributed by atoms with Crippen LogP contribution in [-0.2, 0) is 20.7 Å². The van der Waals surface area contributed by atoms with Gasteiger partial charge in [0.2, 0.25) is 11.8 Å². The highest BCUT2D eigenvalue weighted by Crippen LogP contribution is 2.40. The lowest BCUT2D eigenvalue weighted by atomic mass is 9.73. The summed E-state index contributed by atoms with van der Waals surface area (Å²) >= 11 is 0. The molecule has 0 spiro atoms. The van der Waals surface area contributed by atoms with Crippen LogP contribution >= 0.6 is 0 Å². The van der Waals surface area contributed by atoms with Crippen LogP contribution < -0.4 is 14.8 Å². The van der Waals surface area contributed by atoms with E-state index in [0.717, 1.165) is 42.7 Å². The van der Waals surface area contributed by atoms with E-state index in [2.05, 4.69) is 15.3 Å². The Balaban J connectivity index is 1.32. The Morgan fingerprint density at radius 2 is 1.75 bits per heavy atom. The van der Waals surface area contributed by atoms with Gasteiger partial charge in [-0.3, -0.25) is 9.59 Å². The molecule has 12 heteroatoms. The lowest BCUT2D eigenvalue weighted by Crippen LogP contribution is -2.56. The summed E-state index contributed by atoms with van der Waals surface area (Å²) in [5, 5.41) is 9.47. The number of benzene rings is 1. The number of nitrogens with zero attached hydrogens (tertiary/aromatic N) is 4. The second-order valence-electron chi connectivity index (χ2n) is 12.8. The predicted octanol–water partition coefficient (Wildman–Crippen LogP) is 3.91. The number of carbonyl (C=O) groups is 3. The van der Waals surface area contributed by atoms with E-state index >= 15 is 0 Å². The van der Waals surface area contributed by atoms with Crippen LogP contribution in [-0.4, -0.2) is 88.5 Å². The zero-order chi connectivity index (χ0) is 31.4. The maximum atomic E-state index is 13.8. The average Bonchev–Trinajstić information content (AvgIpc) is 3.53. The maximum Gasteiger partial charge on any atom is 0.408 e. The Morgan fingerprint density at radius 3 is 2.39 bits per heavy atom. The van der Waals surface area contributed by atoms with Gasteiger partial charge in [-0.2, -0.15) is 5.10 Å². The van der Waals surface area contributed by atoms with Gasteiger partial charge in [0.15, 0.2) is 11.5 Å². The average molecular weight is 609 g/mol. The van der Waals surface area contributed by atoms with Crippen molar-refractivity contribution in [1.29, 1.82) is 0 Å². The lowest BCUT2D eigenvalue weighted by molar-refractivity contribution is -0.143. The number of fused-ring (bicyclic) bond motifs is 1. The van der Waals surface area contributed by atoms with Crippen molar-refractivity contribution in [2.45, 2.75) is 83.4 Å². The van der Waals surface area contributed by atoms with E-state index < -0.39 is 17.7 Å². The molecule has 0 radical (unpaired) electrons. The highest BCUT2D eigenvalue weighted by Gasteiger charge is 2.44. The van der Waals surface area contributed by atoms with E-state index in [0.29, 0.717) is 37.4 Å². The van der Waals surface area contributed by atoms with Crippen LogP contribution in [0.25, 0.3) is 0 Å². The van der Waals surface area contributed by atoms with E-state index in [9.17, 15) is 14.4 Å². The van der Waals surface area contributed by atoms with E-state index in [1.165, 1.54) is 0 Å². The van der Waals surface area contributed by atoms with Gasteiger partial charge in [0.25, 0.3) is 0 Å². The smallest absolute Gasteiger partial charge is 0.408 e. The molecule has 0 unspecified atom stereocenters. The van der Waals surface area contributed by atoms with Gasteiger partial charge in [0.1, 0.15) is 11.6 Å². The Labute approximate surface area is 258 Å². The molecule has 2 aliphatic heterocycles. The van der Waals surface area contributed by atoms with Crippen LogP contribution in [0.3, 0.4) is 0 Å². The van der Waals surface area contributed by atoms with Gasteiger partial charge in [-0.05, 0) is 64.7 Å². The monoisotopic (exact) mass is 608 g/mol. The lowest BCUT2D eigenvalue weighted by Gasteiger charge is -2.43. The number of rotatable bonds is 8. The Hall–Kier alpha value is -4.09. The highest BCUT2D eigenvalue weighted by molar-refractivity contribution is 6.07. The Bertz CT molecular complexity index is 1360. The molecular formula is C32H44N6O6. The molecule has 1 aliphatic carbocycles. The van der Waals surface area contributed by atoms with Gasteiger partial charge in [0, 0.05) is 48.8 Å². The molecule has 1 aromatic carbocycles. The minimum Gasteiger partial charge on any atom is -0.493 e. The van der Waals surface area contributed by atoms with Crippen molar-refractivity contribution in [3.63, 3.8) is 0 Å². The molecule has 2 fully saturated rings. The highest BCUT2D eigenvalue weighted by atomic mass is 16.6. The van der Waals surface area contributed by atoms with Crippen molar-refractivity contribution >= 4 is 23.6 Å². The first-order valence-electron chi connectivity index (χ1n) is 15.5. The number of alkyl carbamates (subject to hydrolysis) is 1. The standard InChI is InChI=1S/C32H44N6O6/c1-32(2,3)44-31(41)35-25(17-21-18-33-19-34-21)30(40)37-14-12-22(13-15-37)38-29(39)24-9-7-6-8-23(24)28(36-38)20-10-11-26(42-4)27(16-20)43-5/h10-11,16,18-19,22-25H,6-9,12-15,17H2,1-5H3,(H,33,34)(H,35,41)/t23-,24+,25+/m0/s1. The summed E-state index contributed by atoms with van der Waals surface area (Å²) in [6.45, 7) is 6.22. The minimum absolute atomic E-state index is 0.0643. The van der Waals surface area contributed by atoms with Crippen LogP contribution in [0.5, 0.6) is 11.5 Å². The number of carbonyl (C=O) groups excluding carboxylic acids is 3. The molecule has 2 N–H and O–H groups in total. The number of amides is 3. The minimum atomic E-state index is -0.823. The number of aromatic amines is 1. The number of H-pyrrole nitrogens is 1. The van der Waals surface area contributed by atoms with Gasteiger partial charge in [-0.1, -0.05) is 12.8 Å². The topological polar surface area (TPSA) is 138 Å². The summed E-state index contributed by atoms with van der Waals surface area (Å²) in [4.78, 5) is 48.9. The molecular weight excluding hydrogens is 564 g/mol. The van der Waals surface area contributed by atoms with E-state index in [1.807, 2.05) is 18.2 Å². The van der Waals surface area contributed by atoms with Crippen LogP contribution in [0.2, 0.25) is 0 Å². The molecule has 1 aromatic heterocycles. The number of hydrogen-bond donors (Lipinski definition) is 2. The van der Waals surface area contributed by atoms with Gasteiger partial charge in [-0.25, -0.2) is 14.8 Å². The summed E-state index contributed by atoms with van der Waals surface area (Å²) in [5.74, 6) is 1.10. The van der Waals surface area contributed by atoms with E-state index in [1.54, 1.807) is 57.4 Å². The first-order chi connectivity index (χ1) is 21.1. The summed E-state index contributed by atoms with van der Waals surface area (Å²) in [6.07, 6.45) is 7.81. The van der Waals surface area contributed by atoms with Crippen LogP contribution in [0.1, 0.15) is 70.6 Å². The predicted molar refractivity (Wildman–Crippen MR) is 163 cm³/mol. The summed E-state index contributed by atoms with van der Waals surface area (Å²) in [7, 11) is 3.22. The van der Waals surface area contributed by atoms with Gasteiger partial charge in [-0.15, -0.1) is 0 Å². The molecule has 44 heavy (non-hydrogen) atoms. The third-order valence-corrected chi connectivity index (χ3v) is 8.64. The van der Waals surface area contributed by atoms with E-state index in [-0.39, 0.29) is 36.1 Å².